The number of hydrogen-bond acceptors (Lipinski definition) is 1. The second-order valence-electron chi connectivity index (χ2n) is 4.37. The minimum atomic E-state index is 0.392. The van der Waals surface area contributed by atoms with Gasteiger partial charge in [-0.1, -0.05) is 60.7 Å². The summed E-state index contributed by atoms with van der Waals surface area (Å²) in [5.74, 6) is 0. The highest BCUT2D eigenvalue weighted by molar-refractivity contribution is 6.54. The summed E-state index contributed by atoms with van der Waals surface area (Å²) >= 11 is 0. The summed E-state index contributed by atoms with van der Waals surface area (Å²) in [5, 5.41) is 8.31. The molecule has 0 fully saturated rings. The Labute approximate surface area is 115 Å². The van der Waals surface area contributed by atoms with Crippen LogP contribution in [0.2, 0.25) is 0 Å². The van der Waals surface area contributed by atoms with Crippen LogP contribution < -0.4 is 5.32 Å². The van der Waals surface area contributed by atoms with Crippen LogP contribution in [0.3, 0.4) is 0 Å². The topological polar surface area (TPSA) is 28.7 Å². The van der Waals surface area contributed by atoms with E-state index in [1.54, 1.807) is 0 Å². The van der Waals surface area contributed by atoms with Gasteiger partial charge in [0.1, 0.15) is 9.52 Å². The number of nitrogens with one attached hydrogen (secondary N) is 1. The molecule has 2 nitrogen and oxygen atoms in total. The third-order valence-electron chi connectivity index (χ3n) is 3.07. The Morgan fingerprint density at radius 3 is 1.84 bits per heavy atom. The molecule has 3 aromatic rings. The molecule has 0 aliphatic rings. The standard InChI is InChI=1S/C16H14N2Si/c1-3-7-13(8-4-1)16(14-9-5-2-6-10-14)19-15-11-12-17-18-15/h1-12,16H,(H,17,18). The molecule has 0 aliphatic heterocycles. The van der Waals surface area contributed by atoms with E-state index in [1.165, 1.54) is 16.4 Å². The smallest absolute Gasteiger partial charge is 0.120 e. The highest BCUT2D eigenvalue weighted by atomic mass is 28.2. The molecule has 0 atom stereocenters. The Morgan fingerprint density at radius 1 is 0.789 bits per heavy atom. The maximum absolute atomic E-state index is 4.04. The maximum atomic E-state index is 4.04. The van der Waals surface area contributed by atoms with Gasteiger partial charge in [-0.25, -0.2) is 0 Å². The van der Waals surface area contributed by atoms with Crippen molar-refractivity contribution in [2.45, 2.75) is 5.54 Å². The second-order valence-corrected chi connectivity index (χ2v) is 5.77. The normalized spacial score (nSPS) is 10.8. The van der Waals surface area contributed by atoms with Gasteiger partial charge in [0, 0.05) is 17.1 Å². The third-order valence-corrected chi connectivity index (χ3v) is 4.61. The first-order valence-electron chi connectivity index (χ1n) is 6.29. The fraction of sp³-hybridized carbons (Fsp3) is 0.0625. The van der Waals surface area contributed by atoms with Crippen LogP contribution in [0, 0.1) is 0 Å². The minimum absolute atomic E-state index is 0.392. The SMILES string of the molecule is c1ccc(C([Si]c2ccn[nH]2)c2ccccc2)cc1. The van der Waals surface area contributed by atoms with Crippen molar-refractivity contribution >= 4 is 14.8 Å². The molecule has 19 heavy (non-hydrogen) atoms. The number of H-pyrrole nitrogens is 1. The van der Waals surface area contributed by atoms with Gasteiger partial charge in [0.25, 0.3) is 0 Å². The van der Waals surface area contributed by atoms with Crippen LogP contribution in [0.4, 0.5) is 0 Å². The summed E-state index contributed by atoms with van der Waals surface area (Å²) in [7, 11) is 0.657. The molecule has 0 spiro atoms. The molecule has 2 aromatic carbocycles. The van der Waals surface area contributed by atoms with E-state index in [0.717, 1.165) is 0 Å². The minimum Gasteiger partial charge on any atom is -0.288 e. The lowest BCUT2D eigenvalue weighted by Crippen LogP contribution is -2.24. The Bertz CT molecular complexity index is 566. The molecule has 1 N–H and O–H groups in total. The molecule has 92 valence electrons. The number of benzene rings is 2. The molecule has 0 aliphatic carbocycles. The summed E-state index contributed by atoms with van der Waals surface area (Å²) in [4.78, 5) is 0. The zero-order chi connectivity index (χ0) is 12.9. The van der Waals surface area contributed by atoms with Crippen LogP contribution in [0.15, 0.2) is 72.9 Å². The second kappa shape index (κ2) is 5.67. The summed E-state index contributed by atoms with van der Waals surface area (Å²) < 4.78 is 0. The first-order chi connectivity index (χ1) is 9.43. The van der Waals surface area contributed by atoms with Gasteiger partial charge in [-0.15, -0.1) is 0 Å². The maximum Gasteiger partial charge on any atom is 0.120 e. The molecule has 3 rings (SSSR count). The van der Waals surface area contributed by atoms with Crippen molar-refractivity contribution in [2.24, 2.45) is 0 Å². The quantitative estimate of drug-likeness (QED) is 0.719. The van der Waals surface area contributed by atoms with Crippen LogP contribution in [0.1, 0.15) is 16.7 Å². The van der Waals surface area contributed by atoms with Crippen molar-refractivity contribution in [3.05, 3.63) is 84.1 Å². The fourth-order valence-corrected chi connectivity index (χ4v) is 3.47. The predicted octanol–water partition coefficient (Wildman–Crippen LogP) is 2.53. The Hall–Kier alpha value is -2.13. The van der Waals surface area contributed by atoms with E-state index in [4.69, 9.17) is 0 Å². The number of hydrogen-bond donors (Lipinski definition) is 1. The summed E-state index contributed by atoms with van der Waals surface area (Å²) in [6.45, 7) is 0. The van der Waals surface area contributed by atoms with E-state index in [1.807, 2.05) is 6.20 Å². The zero-order valence-corrected chi connectivity index (χ0v) is 11.5. The van der Waals surface area contributed by atoms with Gasteiger partial charge in [-0.2, -0.15) is 5.10 Å². The molecule has 3 heteroatoms. The Kier molecular flexibility index (Phi) is 3.56. The number of aromatic amines is 1. The van der Waals surface area contributed by atoms with Crippen molar-refractivity contribution in [1.82, 2.24) is 10.2 Å². The van der Waals surface area contributed by atoms with Gasteiger partial charge < -0.3 is 0 Å². The number of aromatic nitrogens is 2. The van der Waals surface area contributed by atoms with E-state index in [0.29, 0.717) is 15.1 Å². The Morgan fingerprint density at radius 2 is 1.37 bits per heavy atom. The van der Waals surface area contributed by atoms with Crippen LogP contribution >= 0.6 is 0 Å². The van der Waals surface area contributed by atoms with Crippen molar-refractivity contribution in [2.75, 3.05) is 0 Å². The van der Waals surface area contributed by atoms with Crippen LogP contribution in [0.25, 0.3) is 0 Å². The molecule has 0 bridgehead atoms. The highest BCUT2D eigenvalue weighted by Gasteiger charge is 2.16. The fourth-order valence-electron chi connectivity index (χ4n) is 2.14. The van der Waals surface area contributed by atoms with Gasteiger partial charge >= 0.3 is 0 Å². The van der Waals surface area contributed by atoms with Crippen molar-refractivity contribution in [3.8, 4) is 0 Å². The van der Waals surface area contributed by atoms with Crippen LogP contribution in [-0.2, 0) is 0 Å². The molecular weight excluding hydrogens is 248 g/mol. The molecule has 1 heterocycles. The van der Waals surface area contributed by atoms with Crippen molar-refractivity contribution in [3.63, 3.8) is 0 Å². The van der Waals surface area contributed by atoms with E-state index in [9.17, 15) is 0 Å². The van der Waals surface area contributed by atoms with E-state index < -0.39 is 0 Å². The lowest BCUT2D eigenvalue weighted by molar-refractivity contribution is 1.09. The van der Waals surface area contributed by atoms with Crippen LogP contribution in [-0.4, -0.2) is 19.7 Å². The lowest BCUT2D eigenvalue weighted by Gasteiger charge is -2.16. The van der Waals surface area contributed by atoms with E-state index in [-0.39, 0.29) is 0 Å². The largest absolute Gasteiger partial charge is 0.288 e. The molecule has 0 amide bonds. The zero-order valence-electron chi connectivity index (χ0n) is 10.5. The lowest BCUT2D eigenvalue weighted by atomic mass is 10.0. The van der Waals surface area contributed by atoms with Crippen molar-refractivity contribution < 1.29 is 0 Å². The third kappa shape index (κ3) is 2.82. The number of rotatable bonds is 4. The Balaban J connectivity index is 1.96. The first-order valence-corrected chi connectivity index (χ1v) is 7.37. The van der Waals surface area contributed by atoms with Gasteiger partial charge in [-0.05, 0) is 17.2 Å². The van der Waals surface area contributed by atoms with Gasteiger partial charge in [0.2, 0.25) is 0 Å². The van der Waals surface area contributed by atoms with Gasteiger partial charge in [-0.3, -0.25) is 5.10 Å². The number of nitrogens with zero attached hydrogens (tertiary/aromatic N) is 1. The summed E-state index contributed by atoms with van der Waals surface area (Å²) in [6, 6.07) is 23.4. The average Bonchev–Trinajstić information content (AvgIpc) is 3.00. The molecule has 0 saturated carbocycles. The molecule has 0 saturated heterocycles. The monoisotopic (exact) mass is 262 g/mol. The van der Waals surface area contributed by atoms with Crippen molar-refractivity contribution in [1.29, 1.82) is 0 Å². The highest BCUT2D eigenvalue weighted by Crippen LogP contribution is 2.22. The summed E-state index contributed by atoms with van der Waals surface area (Å²) in [6.07, 6.45) is 1.81. The summed E-state index contributed by atoms with van der Waals surface area (Å²) in [5.41, 5.74) is 3.09. The molecule has 1 aromatic heterocycles. The van der Waals surface area contributed by atoms with Gasteiger partial charge in [0.05, 0.1) is 0 Å². The van der Waals surface area contributed by atoms with Gasteiger partial charge in [0.15, 0.2) is 0 Å². The predicted molar refractivity (Wildman–Crippen MR) is 78.7 cm³/mol. The molecule has 0 unspecified atom stereocenters. The van der Waals surface area contributed by atoms with E-state index in [2.05, 4.69) is 76.9 Å². The average molecular weight is 262 g/mol. The first kappa shape index (κ1) is 11.9. The molecular formula is C16H14N2Si. The van der Waals surface area contributed by atoms with E-state index >= 15 is 0 Å². The van der Waals surface area contributed by atoms with Crippen LogP contribution in [0.5, 0.6) is 0 Å². The molecule has 2 radical (unpaired) electrons.